The van der Waals surface area contributed by atoms with Crippen LogP contribution in [0.1, 0.15) is 27.7 Å². The molecule has 0 radical (unpaired) electrons. The van der Waals surface area contributed by atoms with Crippen LogP contribution in [0.2, 0.25) is 0 Å². The van der Waals surface area contributed by atoms with Gasteiger partial charge in [-0.05, 0) is 26.7 Å². The summed E-state index contributed by atoms with van der Waals surface area (Å²) < 4.78 is 24.6. The molecule has 0 saturated carbocycles. The average molecular weight is 209 g/mol. The van der Waals surface area contributed by atoms with Gasteiger partial charge >= 0.3 is 0 Å². The summed E-state index contributed by atoms with van der Waals surface area (Å²) in [5, 5.41) is 8.70. The fraction of sp³-hybridized carbons (Fsp3) is 1.00. The molecule has 1 atom stereocenters. The smallest absolute Gasteiger partial charge is 0.216 e. The molecule has 0 spiro atoms. The van der Waals surface area contributed by atoms with Crippen LogP contribution in [0.15, 0.2) is 0 Å². The molecular weight excluding hydrogens is 190 g/mol. The summed E-state index contributed by atoms with van der Waals surface area (Å²) in [6, 6.07) is 0. The van der Waals surface area contributed by atoms with Crippen LogP contribution in [-0.4, -0.2) is 31.4 Å². The number of rotatable bonds is 4. The van der Waals surface area contributed by atoms with Crippen LogP contribution in [0.5, 0.6) is 0 Å². The summed E-state index contributed by atoms with van der Waals surface area (Å²) in [5.74, 6) is -0.0443. The van der Waals surface area contributed by atoms with E-state index in [1.54, 1.807) is 27.7 Å². The molecule has 0 saturated heterocycles. The molecule has 13 heavy (non-hydrogen) atoms. The Morgan fingerprint density at radius 1 is 1.38 bits per heavy atom. The summed E-state index contributed by atoms with van der Waals surface area (Å²) in [6.07, 6.45) is 0. The van der Waals surface area contributed by atoms with Crippen molar-refractivity contribution < 1.29 is 13.5 Å². The molecule has 0 aliphatic carbocycles. The summed E-state index contributed by atoms with van der Waals surface area (Å²) in [7, 11) is -3.26. The number of aliphatic hydroxyl groups excluding tert-OH is 1. The van der Waals surface area contributed by atoms with E-state index in [-0.39, 0.29) is 19.1 Å². The first kappa shape index (κ1) is 12.9. The second-order valence-electron chi connectivity index (χ2n) is 4.25. The predicted molar refractivity (Wildman–Crippen MR) is 52.9 cm³/mol. The third-order valence-corrected chi connectivity index (χ3v) is 3.90. The van der Waals surface area contributed by atoms with Crippen molar-refractivity contribution in [3.63, 3.8) is 0 Å². The first-order valence-corrected chi connectivity index (χ1v) is 5.79. The number of nitrogens with one attached hydrogen (secondary N) is 1. The van der Waals surface area contributed by atoms with Crippen molar-refractivity contribution in [2.45, 2.75) is 32.4 Å². The summed E-state index contributed by atoms with van der Waals surface area (Å²) in [4.78, 5) is 0. The number of sulfonamides is 1. The molecule has 0 heterocycles. The third kappa shape index (κ3) is 4.06. The van der Waals surface area contributed by atoms with E-state index in [9.17, 15) is 8.42 Å². The normalized spacial score (nSPS) is 15.8. The minimum Gasteiger partial charge on any atom is -0.396 e. The lowest BCUT2D eigenvalue weighted by Crippen LogP contribution is -2.41. The van der Waals surface area contributed by atoms with Crippen molar-refractivity contribution in [2.24, 2.45) is 5.92 Å². The van der Waals surface area contributed by atoms with E-state index < -0.39 is 14.8 Å². The first-order chi connectivity index (χ1) is 5.70. The van der Waals surface area contributed by atoms with Crippen LogP contribution in [-0.2, 0) is 10.0 Å². The van der Waals surface area contributed by atoms with Gasteiger partial charge in [0, 0.05) is 13.2 Å². The van der Waals surface area contributed by atoms with E-state index in [2.05, 4.69) is 4.72 Å². The predicted octanol–water partition coefficient (Wildman–Crippen LogP) is 0.333. The Balaban J connectivity index is 4.22. The zero-order chi connectivity index (χ0) is 10.7. The van der Waals surface area contributed by atoms with Crippen molar-refractivity contribution >= 4 is 10.0 Å². The molecule has 80 valence electrons. The molecule has 1 unspecified atom stereocenters. The molecule has 0 fully saturated rings. The van der Waals surface area contributed by atoms with Gasteiger partial charge in [-0.1, -0.05) is 6.92 Å². The molecule has 0 amide bonds. The van der Waals surface area contributed by atoms with Gasteiger partial charge < -0.3 is 5.11 Å². The van der Waals surface area contributed by atoms with Crippen molar-refractivity contribution in [1.29, 1.82) is 0 Å². The Morgan fingerprint density at radius 3 is 2.15 bits per heavy atom. The molecule has 0 rings (SSSR count). The Labute approximate surface area is 80.4 Å². The average Bonchev–Trinajstić information content (AvgIpc) is 1.98. The van der Waals surface area contributed by atoms with Crippen molar-refractivity contribution in [3.8, 4) is 0 Å². The van der Waals surface area contributed by atoms with E-state index in [0.29, 0.717) is 0 Å². The Bertz CT molecular complexity index is 241. The van der Waals surface area contributed by atoms with Crippen molar-refractivity contribution in [3.05, 3.63) is 0 Å². The highest BCUT2D eigenvalue weighted by Crippen LogP contribution is 2.12. The maximum atomic E-state index is 11.5. The lowest BCUT2D eigenvalue weighted by atomic mass is 10.2. The van der Waals surface area contributed by atoms with Gasteiger partial charge in [0.1, 0.15) is 0 Å². The lowest BCUT2D eigenvalue weighted by Gasteiger charge is -2.20. The number of aliphatic hydroxyl groups is 1. The Morgan fingerprint density at radius 2 is 1.85 bits per heavy atom. The van der Waals surface area contributed by atoms with E-state index >= 15 is 0 Å². The molecule has 0 aromatic rings. The van der Waals surface area contributed by atoms with Gasteiger partial charge in [0.2, 0.25) is 10.0 Å². The van der Waals surface area contributed by atoms with Crippen LogP contribution in [0.3, 0.4) is 0 Å². The van der Waals surface area contributed by atoms with Gasteiger partial charge in [-0.2, -0.15) is 0 Å². The van der Waals surface area contributed by atoms with Crippen LogP contribution in [0, 0.1) is 5.92 Å². The molecule has 5 heteroatoms. The molecule has 0 aliphatic heterocycles. The highest BCUT2D eigenvalue weighted by atomic mass is 32.2. The monoisotopic (exact) mass is 209 g/mol. The van der Waals surface area contributed by atoms with Gasteiger partial charge in [-0.15, -0.1) is 0 Å². The van der Waals surface area contributed by atoms with E-state index in [1.807, 2.05) is 0 Å². The summed E-state index contributed by atoms with van der Waals surface area (Å²) in [5.41, 5.74) is 0. The van der Waals surface area contributed by atoms with Crippen LogP contribution >= 0.6 is 0 Å². The molecule has 0 bridgehead atoms. The number of hydrogen-bond donors (Lipinski definition) is 2. The second kappa shape index (κ2) is 4.39. The largest absolute Gasteiger partial charge is 0.396 e. The van der Waals surface area contributed by atoms with E-state index in [1.165, 1.54) is 0 Å². The maximum absolute atomic E-state index is 11.5. The first-order valence-electron chi connectivity index (χ1n) is 4.31. The standard InChI is InChI=1S/C8H19NO3S/c1-7(6-10)5-9-13(11,12)8(2,3)4/h7,9-10H,5-6H2,1-4H3. The third-order valence-electron chi connectivity index (χ3n) is 1.74. The van der Waals surface area contributed by atoms with Crippen LogP contribution in [0.4, 0.5) is 0 Å². The van der Waals surface area contributed by atoms with Gasteiger partial charge in [0.15, 0.2) is 0 Å². The molecule has 0 aromatic carbocycles. The lowest BCUT2D eigenvalue weighted by molar-refractivity contribution is 0.238. The highest BCUT2D eigenvalue weighted by molar-refractivity contribution is 7.90. The molecule has 0 aliphatic rings. The van der Waals surface area contributed by atoms with Crippen LogP contribution in [0.25, 0.3) is 0 Å². The van der Waals surface area contributed by atoms with Crippen LogP contribution < -0.4 is 4.72 Å². The van der Waals surface area contributed by atoms with Crippen molar-refractivity contribution in [1.82, 2.24) is 4.72 Å². The zero-order valence-corrected chi connectivity index (χ0v) is 9.48. The molecule has 0 aromatic heterocycles. The topological polar surface area (TPSA) is 66.4 Å². The Hall–Kier alpha value is -0.130. The molecular formula is C8H19NO3S. The van der Waals surface area contributed by atoms with E-state index in [0.717, 1.165) is 0 Å². The van der Waals surface area contributed by atoms with E-state index in [4.69, 9.17) is 5.11 Å². The minimum atomic E-state index is -3.26. The molecule has 4 nitrogen and oxygen atoms in total. The summed E-state index contributed by atoms with van der Waals surface area (Å²) in [6.45, 7) is 6.98. The SMILES string of the molecule is CC(CO)CNS(=O)(=O)C(C)(C)C. The molecule has 2 N–H and O–H groups in total. The fourth-order valence-corrected chi connectivity index (χ4v) is 1.47. The second-order valence-corrected chi connectivity index (χ2v) is 6.77. The van der Waals surface area contributed by atoms with Gasteiger partial charge in [-0.3, -0.25) is 0 Å². The maximum Gasteiger partial charge on any atom is 0.216 e. The number of hydrogen-bond acceptors (Lipinski definition) is 3. The highest BCUT2D eigenvalue weighted by Gasteiger charge is 2.28. The zero-order valence-electron chi connectivity index (χ0n) is 8.66. The quantitative estimate of drug-likeness (QED) is 0.701. The summed E-state index contributed by atoms with van der Waals surface area (Å²) >= 11 is 0. The van der Waals surface area contributed by atoms with Crippen molar-refractivity contribution in [2.75, 3.05) is 13.2 Å². The van der Waals surface area contributed by atoms with Gasteiger partial charge in [-0.25, -0.2) is 13.1 Å². The van der Waals surface area contributed by atoms with Gasteiger partial charge in [0.05, 0.1) is 4.75 Å². The Kier molecular flexibility index (Phi) is 4.35. The fourth-order valence-electron chi connectivity index (χ4n) is 0.533. The van der Waals surface area contributed by atoms with Gasteiger partial charge in [0.25, 0.3) is 0 Å². The minimum absolute atomic E-state index is 0.00728.